The van der Waals surface area contributed by atoms with Crippen LogP contribution in [0.3, 0.4) is 0 Å². The molecule has 5 N–H and O–H groups in total. The third-order valence-corrected chi connectivity index (χ3v) is 1.92. The van der Waals surface area contributed by atoms with E-state index in [0.29, 0.717) is 10.8 Å². The van der Waals surface area contributed by atoms with Crippen molar-refractivity contribution in [1.29, 1.82) is 0 Å². The zero-order valence-corrected chi connectivity index (χ0v) is 8.84. The number of H-pyrrole nitrogens is 1. The van der Waals surface area contributed by atoms with Gasteiger partial charge in [0.25, 0.3) is 5.56 Å². The number of carboxylic acids is 1. The fourth-order valence-electron chi connectivity index (χ4n) is 1.11. The minimum atomic E-state index is -1.86. The Morgan fingerprint density at radius 3 is 2.67 bits per heavy atom. The van der Waals surface area contributed by atoms with Crippen LogP contribution < -0.4 is 22.3 Å². The third kappa shape index (κ3) is 2.79. The first-order chi connectivity index (χ1) is 8.36. The van der Waals surface area contributed by atoms with E-state index in [4.69, 9.17) is 10.8 Å². The number of carboxylic acid groups (broad SMARTS) is 1. The molecular weight excluding hydrogens is 251 g/mol. The molecule has 0 saturated carbocycles. The lowest BCUT2D eigenvalue weighted by molar-refractivity contribution is -0.144. The highest BCUT2D eigenvalue weighted by atomic mass is 19.1. The van der Waals surface area contributed by atoms with Crippen molar-refractivity contribution in [2.45, 2.75) is 6.17 Å². The van der Waals surface area contributed by atoms with Crippen molar-refractivity contribution in [3.63, 3.8) is 0 Å². The van der Waals surface area contributed by atoms with Gasteiger partial charge in [-0.15, -0.1) is 0 Å². The highest BCUT2D eigenvalue weighted by Crippen LogP contribution is 1.98. The monoisotopic (exact) mass is 260 g/mol. The number of carbonyl (C=O) groups is 2. The largest absolute Gasteiger partial charge is 0.478 e. The van der Waals surface area contributed by atoms with Gasteiger partial charge in [0, 0.05) is 0 Å². The molecule has 1 atom stereocenters. The van der Waals surface area contributed by atoms with E-state index in [0.717, 1.165) is 0 Å². The Balaban J connectivity index is 3.26. The number of aliphatic carboxylic acids is 1. The Bertz CT molecular complexity index is 592. The summed E-state index contributed by atoms with van der Waals surface area (Å²) in [5.41, 5.74) is 2.50. The number of rotatable bonds is 4. The summed E-state index contributed by atoms with van der Waals surface area (Å²) in [4.78, 5) is 45.5. The van der Waals surface area contributed by atoms with Gasteiger partial charge in [-0.2, -0.15) is 4.39 Å². The highest BCUT2D eigenvalue weighted by molar-refractivity contribution is 5.83. The first-order valence-electron chi connectivity index (χ1n) is 4.60. The number of halogens is 1. The summed E-state index contributed by atoms with van der Waals surface area (Å²) in [7, 11) is 0. The molecule has 0 aliphatic carbocycles. The van der Waals surface area contributed by atoms with E-state index in [9.17, 15) is 23.6 Å². The second-order valence-corrected chi connectivity index (χ2v) is 3.16. The van der Waals surface area contributed by atoms with Crippen LogP contribution in [0.25, 0.3) is 0 Å². The van der Waals surface area contributed by atoms with Crippen LogP contribution in [0.4, 0.5) is 4.39 Å². The second-order valence-electron chi connectivity index (χ2n) is 3.16. The number of aromatic amines is 1. The topological polar surface area (TPSA) is 147 Å². The number of hydrogen-bond donors (Lipinski definition) is 4. The van der Waals surface area contributed by atoms with E-state index in [1.54, 1.807) is 4.98 Å². The Morgan fingerprint density at radius 2 is 2.17 bits per heavy atom. The number of nitrogens with one attached hydrogen (secondary N) is 2. The average molecular weight is 260 g/mol. The maximum Gasteiger partial charge on any atom is 0.347 e. The molecule has 1 unspecified atom stereocenters. The zero-order chi connectivity index (χ0) is 13.9. The van der Waals surface area contributed by atoms with Crippen molar-refractivity contribution in [1.82, 2.24) is 14.9 Å². The zero-order valence-electron chi connectivity index (χ0n) is 8.84. The van der Waals surface area contributed by atoms with E-state index in [1.165, 1.54) is 0 Å². The van der Waals surface area contributed by atoms with Crippen LogP contribution in [0.15, 0.2) is 15.8 Å². The van der Waals surface area contributed by atoms with Crippen LogP contribution in [0.5, 0.6) is 0 Å². The molecule has 1 aromatic heterocycles. The van der Waals surface area contributed by atoms with Gasteiger partial charge in [0.05, 0.1) is 12.7 Å². The number of nitrogens with two attached hydrogens (primary N) is 1. The van der Waals surface area contributed by atoms with E-state index in [-0.39, 0.29) is 0 Å². The van der Waals surface area contributed by atoms with Crippen LogP contribution in [0.1, 0.15) is 6.17 Å². The molecule has 0 fully saturated rings. The summed E-state index contributed by atoms with van der Waals surface area (Å²) in [5, 5.41) is 10.7. The molecule has 1 heterocycles. The first-order valence-corrected chi connectivity index (χ1v) is 4.60. The summed E-state index contributed by atoms with van der Waals surface area (Å²) >= 11 is 0. The number of aromatic nitrogens is 2. The number of nitrogens with zero attached hydrogens (tertiary/aromatic N) is 1. The van der Waals surface area contributed by atoms with E-state index < -0.39 is 41.7 Å². The lowest BCUT2D eigenvalue weighted by atomic mass is 10.4. The first kappa shape index (κ1) is 13.6. The predicted octanol–water partition coefficient (Wildman–Crippen LogP) is -2.67. The van der Waals surface area contributed by atoms with Crippen molar-refractivity contribution < 1.29 is 19.1 Å². The van der Waals surface area contributed by atoms with Crippen LogP contribution in [-0.4, -0.2) is 33.1 Å². The summed E-state index contributed by atoms with van der Waals surface area (Å²) < 4.78 is 13.3. The normalized spacial score (nSPS) is 11.9. The van der Waals surface area contributed by atoms with E-state index in [1.807, 2.05) is 5.32 Å². The van der Waals surface area contributed by atoms with Crippen molar-refractivity contribution in [3.8, 4) is 0 Å². The molecule has 1 amide bonds. The second kappa shape index (κ2) is 5.23. The van der Waals surface area contributed by atoms with Gasteiger partial charge in [0.1, 0.15) is 0 Å². The van der Waals surface area contributed by atoms with Crippen LogP contribution in [-0.2, 0) is 9.59 Å². The number of carbonyl (C=O) groups excluding carboxylic acids is 1. The molecule has 0 spiro atoms. The quantitative estimate of drug-likeness (QED) is 0.464. The minimum absolute atomic E-state index is 0.326. The van der Waals surface area contributed by atoms with Crippen molar-refractivity contribution in [2.75, 3.05) is 6.54 Å². The lowest BCUT2D eigenvalue weighted by Crippen LogP contribution is -2.46. The Kier molecular flexibility index (Phi) is 3.94. The van der Waals surface area contributed by atoms with E-state index >= 15 is 0 Å². The molecule has 0 bridgehead atoms. The van der Waals surface area contributed by atoms with Crippen molar-refractivity contribution in [2.24, 2.45) is 5.73 Å². The summed E-state index contributed by atoms with van der Waals surface area (Å²) in [6.07, 6.45) is -1.48. The molecule has 0 aliphatic rings. The Morgan fingerprint density at radius 1 is 1.56 bits per heavy atom. The van der Waals surface area contributed by atoms with Crippen molar-refractivity contribution >= 4 is 11.9 Å². The van der Waals surface area contributed by atoms with Gasteiger partial charge in [0.2, 0.25) is 17.9 Å². The molecule has 0 aromatic carbocycles. The highest BCUT2D eigenvalue weighted by Gasteiger charge is 2.23. The molecule has 0 radical (unpaired) electrons. The summed E-state index contributed by atoms with van der Waals surface area (Å²) in [6, 6.07) is 0. The molecular formula is C8H9FN4O5. The maximum atomic E-state index is 13.0. The van der Waals surface area contributed by atoms with Crippen LogP contribution in [0, 0.1) is 5.82 Å². The van der Waals surface area contributed by atoms with E-state index in [2.05, 4.69) is 0 Å². The molecule has 9 nitrogen and oxygen atoms in total. The fourth-order valence-corrected chi connectivity index (χ4v) is 1.11. The Labute approximate surface area is 98.0 Å². The SMILES string of the molecule is NCC(=O)NC(C(=O)O)n1cc(F)c(=O)[nH]c1=O. The van der Waals surface area contributed by atoms with Gasteiger partial charge in [-0.3, -0.25) is 19.1 Å². The van der Waals surface area contributed by atoms with Gasteiger partial charge in [-0.25, -0.2) is 9.59 Å². The summed E-state index contributed by atoms with van der Waals surface area (Å²) in [5.74, 6) is -3.84. The molecule has 18 heavy (non-hydrogen) atoms. The van der Waals surface area contributed by atoms with Gasteiger partial charge in [-0.05, 0) is 0 Å². The molecule has 10 heteroatoms. The standard InChI is InChI=1S/C8H9FN4O5/c9-3-2-13(8(18)12-6(3)15)5(7(16)17)11-4(14)1-10/h2,5H,1,10H2,(H,11,14)(H,16,17)(H,12,15,18). The maximum absolute atomic E-state index is 13.0. The summed E-state index contributed by atoms with van der Waals surface area (Å²) in [6.45, 7) is -0.510. The van der Waals surface area contributed by atoms with Gasteiger partial charge < -0.3 is 16.2 Å². The smallest absolute Gasteiger partial charge is 0.347 e. The van der Waals surface area contributed by atoms with Crippen LogP contribution >= 0.6 is 0 Å². The molecule has 98 valence electrons. The van der Waals surface area contributed by atoms with Gasteiger partial charge >= 0.3 is 11.7 Å². The number of hydrogen-bond acceptors (Lipinski definition) is 5. The fraction of sp³-hybridized carbons (Fsp3) is 0.250. The van der Waals surface area contributed by atoms with Gasteiger partial charge in [0.15, 0.2) is 0 Å². The predicted molar refractivity (Wildman–Crippen MR) is 55.2 cm³/mol. The number of amides is 1. The van der Waals surface area contributed by atoms with Crippen molar-refractivity contribution in [3.05, 3.63) is 32.9 Å². The molecule has 0 saturated heterocycles. The third-order valence-electron chi connectivity index (χ3n) is 1.92. The lowest BCUT2D eigenvalue weighted by Gasteiger charge is -2.16. The molecule has 1 rings (SSSR count). The Hall–Kier alpha value is -2.49. The minimum Gasteiger partial charge on any atom is -0.478 e. The average Bonchev–Trinajstić information content (AvgIpc) is 2.30. The van der Waals surface area contributed by atoms with Crippen LogP contribution in [0.2, 0.25) is 0 Å². The van der Waals surface area contributed by atoms with Gasteiger partial charge in [-0.1, -0.05) is 0 Å². The molecule has 1 aromatic rings. The molecule has 0 aliphatic heterocycles.